The lowest BCUT2D eigenvalue weighted by atomic mass is 9.84. The summed E-state index contributed by atoms with van der Waals surface area (Å²) in [6.07, 6.45) is 11.0. The van der Waals surface area contributed by atoms with Crippen LogP contribution >= 0.6 is 11.8 Å². The van der Waals surface area contributed by atoms with Crippen LogP contribution in [0.15, 0.2) is 17.0 Å². The topological polar surface area (TPSA) is 112 Å². The van der Waals surface area contributed by atoms with E-state index in [-0.39, 0.29) is 16.5 Å². The molecule has 1 aromatic rings. The van der Waals surface area contributed by atoms with Crippen molar-refractivity contribution in [2.45, 2.75) is 92.4 Å². The fourth-order valence-corrected chi connectivity index (χ4v) is 8.08. The molecule has 2 aliphatic carbocycles. The number of anilines is 2. The van der Waals surface area contributed by atoms with E-state index in [9.17, 15) is 18.5 Å². The molecule has 1 aliphatic heterocycles. The molecule has 1 atom stereocenters. The van der Waals surface area contributed by atoms with Crippen molar-refractivity contribution in [3.8, 4) is 6.07 Å². The zero-order valence-corrected chi connectivity index (χ0v) is 23.0. The molecule has 2 saturated carbocycles. The molecule has 8 nitrogen and oxygen atoms in total. The van der Waals surface area contributed by atoms with Gasteiger partial charge in [0.25, 0.3) is 15.9 Å². The van der Waals surface area contributed by atoms with E-state index in [1.165, 1.54) is 45.3 Å². The molecule has 36 heavy (non-hydrogen) atoms. The van der Waals surface area contributed by atoms with Gasteiger partial charge >= 0.3 is 0 Å². The van der Waals surface area contributed by atoms with Crippen molar-refractivity contribution in [1.29, 1.82) is 5.26 Å². The number of thioether (sulfide) groups is 1. The molecule has 0 saturated heterocycles. The Labute approximate surface area is 219 Å². The summed E-state index contributed by atoms with van der Waals surface area (Å²) in [7, 11) is -0.818. The second-order valence-electron chi connectivity index (χ2n) is 10.3. The average molecular weight is 535 g/mol. The lowest BCUT2D eigenvalue weighted by Gasteiger charge is -2.34. The number of methoxy groups -OCH3 is 1. The molecule has 0 bridgehead atoms. The molecular weight excluding hydrogens is 496 g/mol. The Hall–Kier alpha value is -1.96. The van der Waals surface area contributed by atoms with Gasteiger partial charge in [-0.3, -0.25) is 4.79 Å². The molecule has 0 radical (unpaired) electrons. The molecule has 3 aliphatic rings. The second kappa shape index (κ2) is 11.6. The highest BCUT2D eigenvalue weighted by atomic mass is 32.2. The predicted molar refractivity (Wildman–Crippen MR) is 144 cm³/mol. The maximum atomic E-state index is 13.3. The van der Waals surface area contributed by atoms with E-state index in [4.69, 9.17) is 4.74 Å². The van der Waals surface area contributed by atoms with Crippen LogP contribution < -0.4 is 14.9 Å². The minimum atomic E-state index is -4.19. The zero-order valence-electron chi connectivity index (χ0n) is 21.3. The van der Waals surface area contributed by atoms with E-state index in [0.29, 0.717) is 29.5 Å². The van der Waals surface area contributed by atoms with Crippen molar-refractivity contribution in [2.75, 3.05) is 36.7 Å². The monoisotopic (exact) mass is 534 g/mol. The smallest absolute Gasteiger partial charge is 0.265 e. The molecule has 4 rings (SSSR count). The number of rotatable bonds is 7. The summed E-state index contributed by atoms with van der Waals surface area (Å²) in [5.74, 6) is 0.322. The van der Waals surface area contributed by atoms with E-state index in [0.717, 1.165) is 38.0 Å². The van der Waals surface area contributed by atoms with Gasteiger partial charge < -0.3 is 15.0 Å². The fourth-order valence-electron chi connectivity index (χ4n) is 5.57. The molecule has 2 fully saturated rings. The van der Waals surface area contributed by atoms with Crippen LogP contribution in [0.25, 0.3) is 0 Å². The molecule has 198 valence electrons. The molecule has 1 amide bonds. The van der Waals surface area contributed by atoms with Crippen LogP contribution in [-0.2, 0) is 19.6 Å². The van der Waals surface area contributed by atoms with E-state index in [2.05, 4.69) is 16.1 Å². The van der Waals surface area contributed by atoms with Gasteiger partial charge in [0, 0.05) is 37.7 Å². The van der Waals surface area contributed by atoms with Gasteiger partial charge in [-0.25, -0.2) is 13.1 Å². The third-order valence-electron chi connectivity index (χ3n) is 7.87. The first-order valence-electron chi connectivity index (χ1n) is 13.1. The summed E-state index contributed by atoms with van der Waals surface area (Å²) in [6.45, 7) is 0.739. The third-order valence-corrected chi connectivity index (χ3v) is 10.7. The first-order chi connectivity index (χ1) is 17.3. The zero-order chi connectivity index (χ0) is 25.8. The van der Waals surface area contributed by atoms with Gasteiger partial charge in [-0.1, -0.05) is 38.5 Å². The van der Waals surface area contributed by atoms with Crippen LogP contribution in [0.5, 0.6) is 0 Å². The Bertz CT molecular complexity index is 1090. The quantitative estimate of drug-likeness (QED) is 0.530. The minimum Gasteiger partial charge on any atom is -0.379 e. The molecule has 0 aromatic heterocycles. The average Bonchev–Trinajstić information content (AvgIpc) is 3.06. The molecule has 2 N–H and O–H groups in total. The summed E-state index contributed by atoms with van der Waals surface area (Å²) in [4.78, 5) is 14.9. The first kappa shape index (κ1) is 27.1. The molecule has 1 heterocycles. The van der Waals surface area contributed by atoms with Gasteiger partial charge in [0.15, 0.2) is 0 Å². The number of hydrogen-bond donors (Lipinski definition) is 2. The number of ether oxygens (including phenoxy) is 1. The number of sulfonamides is 1. The lowest BCUT2D eigenvalue weighted by molar-refractivity contribution is -0.145. The highest BCUT2D eigenvalue weighted by Gasteiger charge is 2.41. The molecular formula is C26H38N4O4S2. The van der Waals surface area contributed by atoms with Crippen LogP contribution in [0.3, 0.4) is 0 Å². The molecule has 0 unspecified atom stereocenters. The normalized spacial score (nSPS) is 22.6. The van der Waals surface area contributed by atoms with Gasteiger partial charge in [0.2, 0.25) is 0 Å². The summed E-state index contributed by atoms with van der Waals surface area (Å²) < 4.78 is 34.4. The number of benzene rings is 1. The van der Waals surface area contributed by atoms with Gasteiger partial charge in [0.05, 0.1) is 21.8 Å². The summed E-state index contributed by atoms with van der Waals surface area (Å²) in [5, 5.41) is 14.2. The number of amides is 1. The molecule has 10 heteroatoms. The fraction of sp³-hybridized carbons (Fsp3) is 0.692. The van der Waals surface area contributed by atoms with Gasteiger partial charge in [-0.2, -0.15) is 17.0 Å². The Balaban J connectivity index is 1.55. The van der Waals surface area contributed by atoms with Crippen LogP contribution in [0.1, 0.15) is 76.2 Å². The number of nitrogens with one attached hydrogen (secondary N) is 2. The number of nitriles is 1. The van der Waals surface area contributed by atoms with Gasteiger partial charge in [0.1, 0.15) is 11.7 Å². The molecule has 1 aromatic carbocycles. The summed E-state index contributed by atoms with van der Waals surface area (Å²) in [5.41, 5.74) is 0.459. The van der Waals surface area contributed by atoms with Crippen molar-refractivity contribution in [1.82, 2.24) is 4.72 Å². The van der Waals surface area contributed by atoms with Crippen molar-refractivity contribution in [2.24, 2.45) is 0 Å². The molecule has 0 spiro atoms. The summed E-state index contributed by atoms with van der Waals surface area (Å²) in [6, 6.07) is 5.31. The largest absolute Gasteiger partial charge is 0.379 e. The maximum absolute atomic E-state index is 13.3. The second-order valence-corrected chi connectivity index (χ2v) is 13.3. The van der Waals surface area contributed by atoms with Crippen molar-refractivity contribution < 1.29 is 17.9 Å². The Kier molecular flexibility index (Phi) is 8.74. The van der Waals surface area contributed by atoms with E-state index in [1.54, 1.807) is 6.07 Å². The van der Waals surface area contributed by atoms with Gasteiger partial charge in [-0.05, 0) is 44.2 Å². The van der Waals surface area contributed by atoms with Crippen molar-refractivity contribution in [3.63, 3.8) is 0 Å². The number of hydrogen-bond acceptors (Lipinski definition) is 8. The minimum absolute atomic E-state index is 0.0862. The van der Waals surface area contributed by atoms with E-state index < -0.39 is 21.5 Å². The van der Waals surface area contributed by atoms with Crippen LogP contribution in [0.2, 0.25) is 0 Å². The third kappa shape index (κ3) is 5.95. The maximum Gasteiger partial charge on any atom is 0.265 e. The highest BCUT2D eigenvalue weighted by Crippen LogP contribution is 2.37. The van der Waals surface area contributed by atoms with Crippen molar-refractivity contribution >= 4 is 39.1 Å². The highest BCUT2D eigenvalue weighted by molar-refractivity contribution is 7.99. The SMILES string of the molecule is COC1(C(=O)NS(=O)(=O)c2cc(C#N)c3c(c2)N(C)CC[C@H](CSC2CCCCC2)N3)CCCCC1. The van der Waals surface area contributed by atoms with E-state index >= 15 is 0 Å². The van der Waals surface area contributed by atoms with E-state index in [1.807, 2.05) is 23.7 Å². The lowest BCUT2D eigenvalue weighted by Crippen LogP contribution is -2.51. The van der Waals surface area contributed by atoms with Gasteiger partial charge in [-0.15, -0.1) is 0 Å². The van der Waals surface area contributed by atoms with Crippen LogP contribution in [-0.4, -0.2) is 57.7 Å². The summed E-state index contributed by atoms with van der Waals surface area (Å²) >= 11 is 2.01. The Morgan fingerprint density at radius 3 is 2.56 bits per heavy atom. The number of carbonyl (C=O) groups excluding carboxylic acids is 1. The predicted octanol–water partition coefficient (Wildman–Crippen LogP) is 4.40. The van der Waals surface area contributed by atoms with Crippen LogP contribution in [0.4, 0.5) is 11.4 Å². The van der Waals surface area contributed by atoms with Crippen molar-refractivity contribution in [3.05, 3.63) is 17.7 Å². The Morgan fingerprint density at radius 2 is 1.89 bits per heavy atom. The standard InChI is InChI=1S/C26H38N4O4S2/c1-30-14-11-20(18-35-21-9-5-3-6-10-21)28-24-19(17-27)15-22(16-23(24)30)36(32,33)29-25(31)26(34-2)12-7-4-8-13-26/h15-16,20-21,28H,3-14,18H2,1-2H3,(H,29,31)/t20-/m1/s1. The number of nitrogens with zero attached hydrogens (tertiary/aromatic N) is 2. The number of carbonyl (C=O) groups is 1. The number of fused-ring (bicyclic) bond motifs is 1. The first-order valence-corrected chi connectivity index (χ1v) is 15.6. The Morgan fingerprint density at radius 1 is 1.19 bits per heavy atom. The van der Waals surface area contributed by atoms with Crippen LogP contribution in [0, 0.1) is 11.3 Å².